The summed E-state index contributed by atoms with van der Waals surface area (Å²) in [7, 11) is 0. The van der Waals surface area contributed by atoms with Crippen LogP contribution in [0.15, 0.2) is 72.5 Å². The van der Waals surface area contributed by atoms with Gasteiger partial charge in [0, 0.05) is 55.3 Å². The molecule has 2 aliphatic rings. The van der Waals surface area contributed by atoms with E-state index < -0.39 is 0 Å². The van der Waals surface area contributed by atoms with Gasteiger partial charge in [-0.25, -0.2) is 0 Å². The van der Waals surface area contributed by atoms with E-state index in [1.54, 1.807) is 0 Å². The molecule has 6 heteroatoms. The average Bonchev–Trinajstić information content (AvgIpc) is 3.40. The van der Waals surface area contributed by atoms with Gasteiger partial charge < -0.3 is 23.8 Å². The van der Waals surface area contributed by atoms with Crippen molar-refractivity contribution >= 4 is 17.1 Å². The fraction of sp³-hybridized carbons (Fsp3) is 0.485. The van der Waals surface area contributed by atoms with Crippen molar-refractivity contribution in [3.8, 4) is 0 Å². The third-order valence-electron chi connectivity index (χ3n) is 7.41. The van der Waals surface area contributed by atoms with Crippen LogP contribution in [-0.4, -0.2) is 76.2 Å². The Labute approximate surface area is 234 Å². The molecular weight excluding hydrogens is 488 g/mol. The second-order valence-corrected chi connectivity index (χ2v) is 10.3. The summed E-state index contributed by atoms with van der Waals surface area (Å²) in [5, 5.41) is 0. The fourth-order valence-corrected chi connectivity index (χ4v) is 5.45. The molecule has 2 aliphatic heterocycles. The van der Waals surface area contributed by atoms with Crippen molar-refractivity contribution in [1.82, 2.24) is 0 Å². The van der Waals surface area contributed by atoms with Gasteiger partial charge in [-0.3, -0.25) is 0 Å². The van der Waals surface area contributed by atoms with Crippen LogP contribution in [0.4, 0.5) is 11.4 Å². The number of hydrogen-bond donors (Lipinski definition) is 0. The molecule has 0 spiro atoms. The molecule has 0 radical (unpaired) electrons. The molecule has 0 unspecified atom stereocenters. The van der Waals surface area contributed by atoms with Gasteiger partial charge >= 0.3 is 0 Å². The summed E-state index contributed by atoms with van der Waals surface area (Å²) in [6.07, 6.45) is 7.70. The van der Waals surface area contributed by atoms with Gasteiger partial charge in [0.05, 0.1) is 38.4 Å². The molecule has 0 saturated carbocycles. The Bertz CT molecular complexity index is 1170. The molecule has 39 heavy (non-hydrogen) atoms. The third kappa shape index (κ3) is 7.25. The van der Waals surface area contributed by atoms with Crippen LogP contribution in [0.1, 0.15) is 38.8 Å². The maximum atomic E-state index is 5.89. The van der Waals surface area contributed by atoms with E-state index in [0.29, 0.717) is 39.6 Å². The highest BCUT2D eigenvalue weighted by atomic mass is 16.5. The zero-order chi connectivity index (χ0) is 27.5. The number of hydrogen-bond acceptors (Lipinski definition) is 5. The highest BCUT2D eigenvalue weighted by molar-refractivity contribution is 6.03. The molecule has 0 N–H and O–H groups in total. The van der Waals surface area contributed by atoms with Crippen LogP contribution in [0.25, 0.3) is 0 Å². The average molecular weight is 534 g/mol. The summed E-state index contributed by atoms with van der Waals surface area (Å²) in [5.41, 5.74) is 7.74. The van der Waals surface area contributed by atoms with E-state index >= 15 is 0 Å². The lowest BCUT2D eigenvalue weighted by Crippen LogP contribution is -2.29. The van der Waals surface area contributed by atoms with Gasteiger partial charge in [0.1, 0.15) is 6.61 Å². The predicted octanol–water partition coefficient (Wildman–Crippen LogP) is 5.67. The first kappa shape index (κ1) is 29.2. The summed E-state index contributed by atoms with van der Waals surface area (Å²) in [5.74, 6) is 0. The van der Waals surface area contributed by atoms with E-state index in [9.17, 15) is 0 Å². The van der Waals surface area contributed by atoms with Gasteiger partial charge in [0.2, 0.25) is 5.69 Å². The number of benzene rings is 2. The van der Waals surface area contributed by atoms with Crippen molar-refractivity contribution in [2.75, 3.05) is 70.8 Å². The monoisotopic (exact) mass is 533 g/mol. The molecule has 2 aromatic rings. The summed E-state index contributed by atoms with van der Waals surface area (Å²) >= 11 is 0. The minimum atomic E-state index is -0.0936. The first-order chi connectivity index (χ1) is 19.1. The molecule has 2 aromatic carbocycles. The topological polar surface area (TPSA) is 43.2 Å². The number of fused-ring (bicyclic) bond motifs is 2. The van der Waals surface area contributed by atoms with Crippen molar-refractivity contribution < 1.29 is 23.5 Å². The Kier molecular flexibility index (Phi) is 10.9. The first-order valence-corrected chi connectivity index (χ1v) is 14.4. The Morgan fingerprint density at radius 3 is 2.26 bits per heavy atom. The molecule has 0 bridgehead atoms. The maximum absolute atomic E-state index is 5.89. The second-order valence-electron chi connectivity index (χ2n) is 10.3. The van der Waals surface area contributed by atoms with Crippen molar-refractivity contribution in [3.63, 3.8) is 0 Å². The summed E-state index contributed by atoms with van der Waals surface area (Å²) in [4.78, 5) is 2.39. The second kappa shape index (κ2) is 14.6. The Balaban J connectivity index is 1.50. The van der Waals surface area contributed by atoms with Crippen molar-refractivity contribution in [3.05, 3.63) is 83.6 Å². The lowest BCUT2D eigenvalue weighted by atomic mass is 9.81. The van der Waals surface area contributed by atoms with Gasteiger partial charge in [-0.15, -0.1) is 0 Å². The van der Waals surface area contributed by atoms with Crippen molar-refractivity contribution in [2.24, 2.45) is 0 Å². The van der Waals surface area contributed by atoms with Crippen LogP contribution < -0.4 is 4.90 Å². The standard InChI is InChI=1S/C33H45N2O4/c1-5-36-22-24-38-20-18-34-28(26-27-12-7-9-15-30(27)34)13-11-17-32-33(3,4)29-14-8-10-16-31(29)35(32)19-21-39-25-23-37-6-2/h7-17H,5-6,18-26H2,1-4H3/q+1. The number of rotatable bonds is 16. The van der Waals surface area contributed by atoms with Gasteiger partial charge in [-0.2, -0.15) is 4.58 Å². The molecule has 210 valence electrons. The number of allylic oxidation sites excluding steroid dienone is 4. The highest BCUT2D eigenvalue weighted by Gasteiger charge is 2.43. The zero-order valence-corrected chi connectivity index (χ0v) is 24.2. The van der Waals surface area contributed by atoms with Gasteiger partial charge in [-0.05, 0) is 45.4 Å². The van der Waals surface area contributed by atoms with Gasteiger partial charge in [0.15, 0.2) is 12.3 Å². The van der Waals surface area contributed by atoms with E-state index in [2.05, 4.69) is 90.1 Å². The number of anilines is 1. The van der Waals surface area contributed by atoms with E-state index in [-0.39, 0.29) is 5.41 Å². The molecule has 0 fully saturated rings. The first-order valence-electron chi connectivity index (χ1n) is 14.4. The highest BCUT2D eigenvalue weighted by Crippen LogP contribution is 2.40. The third-order valence-corrected chi connectivity index (χ3v) is 7.41. The fourth-order valence-electron chi connectivity index (χ4n) is 5.45. The summed E-state index contributed by atoms with van der Waals surface area (Å²) in [6, 6.07) is 17.4. The number of ether oxygens (including phenoxy) is 4. The van der Waals surface area contributed by atoms with Crippen LogP contribution in [0.5, 0.6) is 0 Å². The summed E-state index contributed by atoms with van der Waals surface area (Å²) in [6.45, 7) is 15.6. The largest absolute Gasteiger partial charge is 0.379 e. The van der Waals surface area contributed by atoms with Crippen LogP contribution in [0.3, 0.4) is 0 Å². The molecule has 0 aliphatic carbocycles. The van der Waals surface area contributed by atoms with Crippen molar-refractivity contribution in [1.29, 1.82) is 0 Å². The molecule has 4 rings (SSSR count). The van der Waals surface area contributed by atoms with Gasteiger partial charge in [0.25, 0.3) is 0 Å². The smallest absolute Gasteiger partial charge is 0.209 e. The zero-order valence-electron chi connectivity index (χ0n) is 24.2. The normalized spacial score (nSPS) is 17.0. The lowest BCUT2D eigenvalue weighted by Gasteiger charge is -2.21. The molecule has 0 atom stereocenters. The lowest BCUT2D eigenvalue weighted by molar-refractivity contribution is -0.442. The molecule has 6 nitrogen and oxygen atoms in total. The minimum absolute atomic E-state index is 0.0936. The van der Waals surface area contributed by atoms with Crippen molar-refractivity contribution in [2.45, 2.75) is 39.5 Å². The molecule has 2 heterocycles. The Morgan fingerprint density at radius 1 is 0.821 bits per heavy atom. The Morgan fingerprint density at radius 2 is 1.49 bits per heavy atom. The van der Waals surface area contributed by atoms with Crippen LogP contribution >= 0.6 is 0 Å². The molecular formula is C33H45N2O4+. The molecule has 0 amide bonds. The van der Waals surface area contributed by atoms with E-state index in [1.165, 1.54) is 33.9 Å². The van der Waals surface area contributed by atoms with E-state index in [0.717, 1.165) is 32.7 Å². The van der Waals surface area contributed by atoms with E-state index in [4.69, 9.17) is 18.9 Å². The van der Waals surface area contributed by atoms with Crippen LogP contribution in [-0.2, 0) is 30.8 Å². The van der Waals surface area contributed by atoms with Crippen LogP contribution in [0, 0.1) is 0 Å². The number of nitrogens with zero attached hydrogens (tertiary/aromatic N) is 2. The van der Waals surface area contributed by atoms with Gasteiger partial charge in [-0.1, -0.05) is 42.5 Å². The Hall–Kier alpha value is -2.77. The predicted molar refractivity (Wildman–Crippen MR) is 159 cm³/mol. The maximum Gasteiger partial charge on any atom is 0.209 e. The molecule has 0 aromatic heterocycles. The van der Waals surface area contributed by atoms with Crippen LogP contribution in [0.2, 0.25) is 0 Å². The minimum Gasteiger partial charge on any atom is -0.379 e. The van der Waals surface area contributed by atoms with E-state index in [1.807, 2.05) is 13.8 Å². The number of para-hydroxylation sites is 2. The quantitative estimate of drug-likeness (QED) is 0.205. The molecule has 0 saturated heterocycles. The SMILES string of the molecule is CCOCCOCCN1/C(=C/C=C/C2=[N+](CCOCCOCC)c3ccccc3C2(C)C)Cc2ccccc21. The summed E-state index contributed by atoms with van der Waals surface area (Å²) < 4.78 is 25.0.